The van der Waals surface area contributed by atoms with Gasteiger partial charge in [-0.1, -0.05) is 20.8 Å². The van der Waals surface area contributed by atoms with Gasteiger partial charge in [0.2, 0.25) is 11.8 Å². The van der Waals surface area contributed by atoms with E-state index in [2.05, 4.69) is 10.6 Å². The molecule has 2 rings (SSSR count). The largest absolute Gasteiger partial charge is 0.481 e. The predicted octanol–water partition coefficient (Wildman–Crippen LogP) is 2.32. The minimum atomic E-state index is -4.56. The van der Waals surface area contributed by atoms with E-state index < -0.39 is 65.4 Å². The highest BCUT2D eigenvalue weighted by Crippen LogP contribution is 2.30. The second-order valence-electron chi connectivity index (χ2n) is 9.33. The van der Waals surface area contributed by atoms with E-state index in [1.165, 1.54) is 4.90 Å². The summed E-state index contributed by atoms with van der Waals surface area (Å²) < 4.78 is 38.4. The summed E-state index contributed by atoms with van der Waals surface area (Å²) in [7, 11) is 0. The van der Waals surface area contributed by atoms with Gasteiger partial charge in [-0.05, 0) is 42.5 Å². The molecule has 3 N–H and O–H groups in total. The molecule has 12 heteroatoms. The molecular weight excluding hydrogens is 469 g/mol. The van der Waals surface area contributed by atoms with Crippen molar-refractivity contribution in [2.45, 2.75) is 64.3 Å². The van der Waals surface area contributed by atoms with Crippen LogP contribution in [0.1, 0.15) is 56.0 Å². The average molecular weight is 496 g/mol. The van der Waals surface area contributed by atoms with E-state index in [9.17, 15) is 32.3 Å². The molecule has 1 aromatic carbocycles. The lowest BCUT2D eigenvalue weighted by Crippen LogP contribution is -2.58. The standard InChI is InChI=1S/C23H27F3N4O5/c1-22(2,3)18(29-19(33)13-6-8-14(9-7-13)23(24,25)26)21(35)30-10-4-5-16(30)20(34)28-15(12-27)11-17(31)32/h6-9,15-16,18H,4-5,10-11H2,1-3H3,(H,28,34)(H,29,33)(H,31,32)/t15-,16-,18+/m0/s1. The Balaban J connectivity index is 2.20. The number of aliphatic carboxylic acids is 1. The summed E-state index contributed by atoms with van der Waals surface area (Å²) in [5, 5.41) is 22.9. The van der Waals surface area contributed by atoms with Gasteiger partial charge in [-0.25, -0.2) is 0 Å². The van der Waals surface area contributed by atoms with Gasteiger partial charge < -0.3 is 20.6 Å². The molecule has 190 valence electrons. The summed E-state index contributed by atoms with van der Waals surface area (Å²) in [5.74, 6) is -3.26. The van der Waals surface area contributed by atoms with Crippen molar-refractivity contribution in [1.82, 2.24) is 15.5 Å². The molecular formula is C23H27F3N4O5. The molecule has 1 aliphatic rings. The zero-order valence-corrected chi connectivity index (χ0v) is 19.5. The summed E-state index contributed by atoms with van der Waals surface area (Å²) in [6, 6.07) is 1.92. The first-order chi connectivity index (χ1) is 16.1. The number of halogens is 3. The van der Waals surface area contributed by atoms with Crippen LogP contribution >= 0.6 is 0 Å². The number of rotatable bonds is 7. The van der Waals surface area contributed by atoms with Crippen LogP contribution in [-0.2, 0) is 20.6 Å². The number of carboxylic acid groups (broad SMARTS) is 1. The number of amides is 3. The van der Waals surface area contributed by atoms with Gasteiger partial charge in [-0.2, -0.15) is 18.4 Å². The first kappa shape index (κ1) is 27.6. The number of hydrogen-bond donors (Lipinski definition) is 3. The Morgan fingerprint density at radius 2 is 1.74 bits per heavy atom. The smallest absolute Gasteiger partial charge is 0.416 e. The molecule has 3 amide bonds. The maximum absolute atomic E-state index is 13.4. The maximum atomic E-state index is 13.4. The topological polar surface area (TPSA) is 140 Å². The summed E-state index contributed by atoms with van der Waals surface area (Å²) in [4.78, 5) is 51.0. The predicted molar refractivity (Wildman–Crippen MR) is 117 cm³/mol. The minimum absolute atomic E-state index is 0.0682. The molecule has 1 fully saturated rings. The highest BCUT2D eigenvalue weighted by Gasteiger charge is 2.42. The molecule has 0 unspecified atom stereocenters. The zero-order chi connectivity index (χ0) is 26.6. The van der Waals surface area contributed by atoms with Gasteiger partial charge in [0.25, 0.3) is 5.91 Å². The van der Waals surface area contributed by atoms with Crippen LogP contribution in [-0.4, -0.2) is 58.4 Å². The number of hydrogen-bond acceptors (Lipinski definition) is 5. The van der Waals surface area contributed by atoms with Crippen LogP contribution in [0.2, 0.25) is 0 Å². The van der Waals surface area contributed by atoms with Crippen molar-refractivity contribution in [2.24, 2.45) is 5.41 Å². The SMILES string of the molecule is CC(C)(C)[C@H](NC(=O)c1ccc(C(F)(F)F)cc1)C(=O)N1CCC[C@H]1C(=O)N[C@H](C#N)CC(=O)O. The number of nitrogens with zero attached hydrogens (tertiary/aromatic N) is 2. The lowest BCUT2D eigenvalue weighted by atomic mass is 9.85. The molecule has 1 aromatic rings. The third-order valence-electron chi connectivity index (χ3n) is 5.55. The van der Waals surface area contributed by atoms with E-state index in [-0.39, 0.29) is 18.5 Å². The Kier molecular flexibility index (Phi) is 8.49. The van der Waals surface area contributed by atoms with Crippen molar-refractivity contribution in [1.29, 1.82) is 5.26 Å². The summed E-state index contributed by atoms with van der Waals surface area (Å²) >= 11 is 0. The molecule has 1 heterocycles. The van der Waals surface area contributed by atoms with E-state index >= 15 is 0 Å². The second kappa shape index (κ2) is 10.8. The number of nitriles is 1. The second-order valence-corrected chi connectivity index (χ2v) is 9.33. The average Bonchev–Trinajstić information content (AvgIpc) is 3.25. The van der Waals surface area contributed by atoms with Gasteiger partial charge in [0.05, 0.1) is 18.1 Å². The van der Waals surface area contributed by atoms with Crippen LogP contribution in [0.25, 0.3) is 0 Å². The summed E-state index contributed by atoms with van der Waals surface area (Å²) in [6.07, 6.45) is -4.40. The van der Waals surface area contributed by atoms with E-state index in [0.717, 1.165) is 24.3 Å². The third kappa shape index (κ3) is 7.18. The number of nitrogens with one attached hydrogen (secondary N) is 2. The number of carboxylic acids is 1. The monoisotopic (exact) mass is 496 g/mol. The third-order valence-corrected chi connectivity index (χ3v) is 5.55. The van der Waals surface area contributed by atoms with E-state index in [1.54, 1.807) is 26.8 Å². The van der Waals surface area contributed by atoms with Crippen LogP contribution in [0, 0.1) is 16.7 Å². The Bertz CT molecular complexity index is 1010. The van der Waals surface area contributed by atoms with Crippen molar-refractivity contribution < 1.29 is 37.5 Å². The zero-order valence-electron chi connectivity index (χ0n) is 19.5. The van der Waals surface area contributed by atoms with Gasteiger partial charge in [0.15, 0.2) is 0 Å². The van der Waals surface area contributed by atoms with Gasteiger partial charge in [0, 0.05) is 12.1 Å². The quantitative estimate of drug-likeness (QED) is 0.529. The Hall–Kier alpha value is -3.62. The number of likely N-dealkylation sites (tertiary alicyclic amines) is 1. The highest BCUT2D eigenvalue weighted by atomic mass is 19.4. The van der Waals surface area contributed by atoms with Crippen molar-refractivity contribution >= 4 is 23.7 Å². The van der Waals surface area contributed by atoms with Crippen LogP contribution in [0.5, 0.6) is 0 Å². The molecule has 0 bridgehead atoms. The molecule has 0 spiro atoms. The fourth-order valence-electron chi connectivity index (χ4n) is 3.71. The van der Waals surface area contributed by atoms with Crippen molar-refractivity contribution in [3.63, 3.8) is 0 Å². The van der Waals surface area contributed by atoms with Gasteiger partial charge in [-0.3, -0.25) is 19.2 Å². The van der Waals surface area contributed by atoms with E-state index in [0.29, 0.717) is 6.42 Å². The molecule has 9 nitrogen and oxygen atoms in total. The summed E-state index contributed by atoms with van der Waals surface area (Å²) in [6.45, 7) is 5.26. The normalized spacial score (nSPS) is 17.7. The van der Waals surface area contributed by atoms with E-state index in [1.807, 2.05) is 0 Å². The number of alkyl halides is 3. The fourth-order valence-corrected chi connectivity index (χ4v) is 3.71. The molecule has 3 atom stereocenters. The van der Waals surface area contributed by atoms with Crippen molar-refractivity contribution in [2.75, 3.05) is 6.54 Å². The number of benzene rings is 1. The van der Waals surface area contributed by atoms with Gasteiger partial charge in [-0.15, -0.1) is 0 Å². The highest BCUT2D eigenvalue weighted by molar-refractivity contribution is 5.99. The lowest BCUT2D eigenvalue weighted by molar-refractivity contribution is -0.142. The molecule has 0 radical (unpaired) electrons. The molecule has 1 aliphatic heterocycles. The minimum Gasteiger partial charge on any atom is -0.481 e. The lowest BCUT2D eigenvalue weighted by Gasteiger charge is -2.35. The van der Waals surface area contributed by atoms with E-state index in [4.69, 9.17) is 10.4 Å². The van der Waals surface area contributed by atoms with Crippen molar-refractivity contribution in [3.8, 4) is 6.07 Å². The molecule has 35 heavy (non-hydrogen) atoms. The maximum Gasteiger partial charge on any atom is 0.416 e. The van der Waals surface area contributed by atoms with Gasteiger partial charge >= 0.3 is 12.1 Å². The van der Waals surface area contributed by atoms with Crippen LogP contribution in [0.15, 0.2) is 24.3 Å². The Labute approximate surface area is 200 Å². The van der Waals surface area contributed by atoms with Crippen LogP contribution < -0.4 is 10.6 Å². The molecule has 0 saturated carbocycles. The Morgan fingerprint density at radius 3 is 2.23 bits per heavy atom. The number of carbonyl (C=O) groups excluding carboxylic acids is 3. The first-order valence-electron chi connectivity index (χ1n) is 10.9. The van der Waals surface area contributed by atoms with Crippen LogP contribution in [0.4, 0.5) is 13.2 Å². The summed E-state index contributed by atoms with van der Waals surface area (Å²) in [5.41, 5.74) is -1.80. The van der Waals surface area contributed by atoms with Crippen molar-refractivity contribution in [3.05, 3.63) is 35.4 Å². The molecule has 0 aromatic heterocycles. The molecule has 0 aliphatic carbocycles. The number of carbonyl (C=O) groups is 4. The molecule has 1 saturated heterocycles. The van der Waals surface area contributed by atoms with Crippen LogP contribution in [0.3, 0.4) is 0 Å². The first-order valence-corrected chi connectivity index (χ1v) is 10.9. The fraction of sp³-hybridized carbons (Fsp3) is 0.522. The Morgan fingerprint density at radius 1 is 1.14 bits per heavy atom. The van der Waals surface area contributed by atoms with Gasteiger partial charge in [0.1, 0.15) is 18.1 Å².